The van der Waals surface area contributed by atoms with Crippen molar-refractivity contribution in [2.24, 2.45) is 11.8 Å². The van der Waals surface area contributed by atoms with Crippen LogP contribution in [0.25, 0.3) is 0 Å². The van der Waals surface area contributed by atoms with E-state index in [1.807, 2.05) is 0 Å². The Balaban J connectivity index is 2.34. The molecule has 2 atom stereocenters. The summed E-state index contributed by atoms with van der Waals surface area (Å²) >= 11 is 0. The van der Waals surface area contributed by atoms with E-state index in [9.17, 15) is 4.79 Å². The van der Waals surface area contributed by atoms with E-state index in [-0.39, 0.29) is 5.04 Å². The summed E-state index contributed by atoms with van der Waals surface area (Å²) in [6, 6.07) is 0. The van der Waals surface area contributed by atoms with Crippen molar-refractivity contribution in [3.8, 4) is 0 Å². The molecule has 0 spiro atoms. The molecule has 82 valence electrons. The molecule has 0 saturated heterocycles. The maximum atomic E-state index is 10.5. The number of hydrogen-bond donors (Lipinski definition) is 0. The third-order valence-electron chi connectivity index (χ3n) is 3.62. The Labute approximate surface area is 88.2 Å². The first kappa shape index (κ1) is 11.9. The predicted octanol–water partition coefficient (Wildman–Crippen LogP) is 2.84. The minimum Gasteiger partial charge on any atom is -0.417 e. The van der Waals surface area contributed by atoms with Gasteiger partial charge in [0.15, 0.2) is 8.32 Å². The monoisotopic (exact) mass is 214 g/mol. The normalized spacial score (nSPS) is 27.5. The molecule has 14 heavy (non-hydrogen) atoms. The second-order valence-corrected chi connectivity index (χ2v) is 10.7. The van der Waals surface area contributed by atoms with Crippen LogP contribution >= 0.6 is 0 Å². The zero-order valence-electron chi connectivity index (χ0n) is 9.96. The molecule has 3 heteroatoms. The van der Waals surface area contributed by atoms with Crippen molar-refractivity contribution in [1.82, 2.24) is 0 Å². The fourth-order valence-corrected chi connectivity index (χ4v) is 2.22. The first-order valence-electron chi connectivity index (χ1n) is 5.37. The van der Waals surface area contributed by atoms with Crippen LogP contribution in [0.4, 0.5) is 0 Å². The molecule has 0 unspecified atom stereocenters. The molecule has 1 aliphatic carbocycles. The highest BCUT2D eigenvalue weighted by Crippen LogP contribution is 2.41. The van der Waals surface area contributed by atoms with Gasteiger partial charge < -0.3 is 9.22 Å². The van der Waals surface area contributed by atoms with Gasteiger partial charge in [0.1, 0.15) is 6.29 Å². The molecule has 0 aromatic heterocycles. The lowest BCUT2D eigenvalue weighted by Crippen LogP contribution is -2.41. The maximum Gasteiger partial charge on any atom is 0.191 e. The summed E-state index contributed by atoms with van der Waals surface area (Å²) in [5.41, 5.74) is 0. The van der Waals surface area contributed by atoms with Gasteiger partial charge >= 0.3 is 0 Å². The number of aldehydes is 1. The Kier molecular flexibility index (Phi) is 3.22. The topological polar surface area (TPSA) is 26.3 Å². The van der Waals surface area contributed by atoms with E-state index >= 15 is 0 Å². The molecule has 0 amide bonds. The summed E-state index contributed by atoms with van der Waals surface area (Å²) in [5, 5.41) is 0.276. The van der Waals surface area contributed by atoms with E-state index in [1.165, 1.54) is 0 Å². The summed E-state index contributed by atoms with van der Waals surface area (Å²) in [7, 11) is -1.59. The van der Waals surface area contributed by atoms with Crippen molar-refractivity contribution in [3.63, 3.8) is 0 Å². The first-order chi connectivity index (χ1) is 6.28. The average molecular weight is 214 g/mol. The van der Waals surface area contributed by atoms with Gasteiger partial charge in [0.05, 0.1) is 0 Å². The van der Waals surface area contributed by atoms with Crippen LogP contribution in [-0.4, -0.2) is 21.2 Å². The second kappa shape index (κ2) is 3.78. The Morgan fingerprint density at radius 2 is 2.00 bits per heavy atom. The van der Waals surface area contributed by atoms with Crippen LogP contribution in [0.1, 0.15) is 27.2 Å². The van der Waals surface area contributed by atoms with Gasteiger partial charge in [-0.2, -0.15) is 0 Å². The third kappa shape index (κ3) is 2.67. The molecule has 0 heterocycles. The molecule has 1 saturated carbocycles. The predicted molar refractivity (Wildman–Crippen MR) is 60.8 cm³/mol. The molecule has 1 fully saturated rings. The van der Waals surface area contributed by atoms with Crippen molar-refractivity contribution in [3.05, 3.63) is 0 Å². The molecule has 0 aliphatic heterocycles. The summed E-state index contributed by atoms with van der Waals surface area (Å²) in [5.74, 6) is 0.807. The fourth-order valence-electron chi connectivity index (χ4n) is 1.16. The van der Waals surface area contributed by atoms with Crippen molar-refractivity contribution in [1.29, 1.82) is 0 Å². The molecule has 0 radical (unpaired) electrons. The van der Waals surface area contributed by atoms with E-state index in [1.54, 1.807) is 0 Å². The summed E-state index contributed by atoms with van der Waals surface area (Å²) in [6.07, 6.45) is 2.11. The minimum atomic E-state index is -1.59. The average Bonchev–Trinajstić information content (AvgIpc) is 2.77. The van der Waals surface area contributed by atoms with Gasteiger partial charge in [0.2, 0.25) is 0 Å². The fraction of sp³-hybridized carbons (Fsp3) is 0.909. The maximum absolute atomic E-state index is 10.5. The van der Waals surface area contributed by atoms with Crippen molar-refractivity contribution < 1.29 is 9.22 Å². The van der Waals surface area contributed by atoms with Gasteiger partial charge in [-0.1, -0.05) is 20.8 Å². The molecular weight excluding hydrogens is 192 g/mol. The van der Waals surface area contributed by atoms with Crippen LogP contribution in [-0.2, 0) is 9.22 Å². The van der Waals surface area contributed by atoms with Crippen LogP contribution in [0.5, 0.6) is 0 Å². The first-order valence-corrected chi connectivity index (χ1v) is 8.28. The van der Waals surface area contributed by atoms with Crippen LogP contribution in [0.3, 0.4) is 0 Å². The standard InChI is InChI=1S/C11H22O2Si/c1-11(2,3)14(4,5)13-8-10-6-9(10)7-12/h7,9-10H,6,8H2,1-5H3/t9-,10-/m0/s1. The smallest absolute Gasteiger partial charge is 0.191 e. The second-order valence-electron chi connectivity index (χ2n) is 5.87. The molecule has 1 rings (SSSR count). The minimum absolute atomic E-state index is 0.276. The summed E-state index contributed by atoms with van der Waals surface area (Å²) in [4.78, 5) is 10.5. The van der Waals surface area contributed by atoms with E-state index < -0.39 is 8.32 Å². The molecule has 0 aromatic carbocycles. The van der Waals surface area contributed by atoms with E-state index in [0.29, 0.717) is 11.8 Å². The highest BCUT2D eigenvalue weighted by Gasteiger charge is 2.42. The van der Waals surface area contributed by atoms with Gasteiger partial charge in [0, 0.05) is 12.5 Å². The molecule has 0 aromatic rings. The van der Waals surface area contributed by atoms with Gasteiger partial charge in [-0.05, 0) is 30.5 Å². The van der Waals surface area contributed by atoms with Crippen LogP contribution in [0, 0.1) is 11.8 Å². The summed E-state index contributed by atoms with van der Waals surface area (Å²) in [6.45, 7) is 12.0. The molecule has 1 aliphatic rings. The SMILES string of the molecule is CC(C)(C)[Si](C)(C)OC[C@@H]1C[C@H]1C=O. The number of carbonyl (C=O) groups excluding carboxylic acids is 1. The van der Waals surface area contributed by atoms with Gasteiger partial charge in [-0.3, -0.25) is 0 Å². The number of rotatable bonds is 4. The van der Waals surface area contributed by atoms with Crippen molar-refractivity contribution in [2.45, 2.75) is 45.3 Å². The number of hydrogen-bond acceptors (Lipinski definition) is 2. The van der Waals surface area contributed by atoms with E-state index in [0.717, 1.165) is 19.3 Å². The lowest BCUT2D eigenvalue weighted by atomic mass is 10.2. The Morgan fingerprint density at radius 3 is 2.36 bits per heavy atom. The van der Waals surface area contributed by atoms with E-state index in [4.69, 9.17) is 4.43 Å². The van der Waals surface area contributed by atoms with Crippen molar-refractivity contribution in [2.75, 3.05) is 6.61 Å². The molecule has 2 nitrogen and oxygen atoms in total. The third-order valence-corrected chi connectivity index (χ3v) is 8.12. The molecule has 0 N–H and O–H groups in total. The highest BCUT2D eigenvalue weighted by molar-refractivity contribution is 6.74. The van der Waals surface area contributed by atoms with Gasteiger partial charge in [-0.15, -0.1) is 0 Å². The zero-order valence-corrected chi connectivity index (χ0v) is 11.0. The lowest BCUT2D eigenvalue weighted by Gasteiger charge is -2.36. The van der Waals surface area contributed by atoms with Crippen LogP contribution in [0.15, 0.2) is 0 Å². The lowest BCUT2D eigenvalue weighted by molar-refractivity contribution is -0.109. The molecular formula is C11H22O2Si. The van der Waals surface area contributed by atoms with Crippen molar-refractivity contribution >= 4 is 14.6 Å². The zero-order chi connectivity index (χ0) is 11.0. The van der Waals surface area contributed by atoms with Crippen LogP contribution < -0.4 is 0 Å². The molecule has 0 bridgehead atoms. The van der Waals surface area contributed by atoms with Gasteiger partial charge in [-0.25, -0.2) is 0 Å². The van der Waals surface area contributed by atoms with E-state index in [2.05, 4.69) is 33.9 Å². The largest absolute Gasteiger partial charge is 0.417 e. The highest BCUT2D eigenvalue weighted by atomic mass is 28.4. The Bertz CT molecular complexity index is 218. The summed E-state index contributed by atoms with van der Waals surface area (Å²) < 4.78 is 6.03. The van der Waals surface area contributed by atoms with Crippen LogP contribution in [0.2, 0.25) is 18.1 Å². The van der Waals surface area contributed by atoms with Gasteiger partial charge in [0.25, 0.3) is 0 Å². The number of carbonyl (C=O) groups is 1. The quantitative estimate of drug-likeness (QED) is 0.531. The Morgan fingerprint density at radius 1 is 1.43 bits per heavy atom. The Hall–Kier alpha value is -0.153.